The summed E-state index contributed by atoms with van der Waals surface area (Å²) in [4.78, 5) is 23.4. The second-order valence-corrected chi connectivity index (χ2v) is 5.52. The van der Waals surface area contributed by atoms with Crippen LogP contribution in [-0.4, -0.2) is 18.4 Å². The molecule has 1 radical (unpaired) electrons. The summed E-state index contributed by atoms with van der Waals surface area (Å²) in [6, 6.07) is 15.0. The number of carbonyl (C=O) groups is 2. The van der Waals surface area contributed by atoms with Gasteiger partial charge in [-0.2, -0.15) is 0 Å². The monoisotopic (exact) mass is 295 g/mol. The summed E-state index contributed by atoms with van der Waals surface area (Å²) in [5.41, 5.74) is 7.95. The fourth-order valence-electron chi connectivity index (χ4n) is 2.09. The van der Waals surface area contributed by atoms with E-state index in [4.69, 9.17) is 5.73 Å². The van der Waals surface area contributed by atoms with Gasteiger partial charge in [0.15, 0.2) is 0 Å². The first-order valence-electron chi connectivity index (χ1n) is 7.17. The van der Waals surface area contributed by atoms with E-state index in [2.05, 4.69) is 11.4 Å². The summed E-state index contributed by atoms with van der Waals surface area (Å²) >= 11 is 0. The number of hydrogen-bond donors (Lipinski definition) is 2. The molecule has 0 unspecified atom stereocenters. The van der Waals surface area contributed by atoms with Crippen molar-refractivity contribution in [1.82, 2.24) is 5.32 Å². The standard InChI is InChI=1S/C18H19N2O2/c1-12(2)11-20-18(22)14-9-7-13(8-10-14)15-5-3-4-6-16(15)17(19)21/h3,5-10,12H,11H2,1-2H3,(H2,19,21)(H,20,22). The molecule has 2 rings (SSSR count). The highest BCUT2D eigenvalue weighted by molar-refractivity contribution is 6.00. The molecule has 4 heteroatoms. The molecule has 2 amide bonds. The van der Waals surface area contributed by atoms with Crippen LogP contribution in [0.25, 0.3) is 11.1 Å². The Hall–Kier alpha value is -2.62. The Kier molecular flexibility index (Phi) is 4.94. The first kappa shape index (κ1) is 15.8. The van der Waals surface area contributed by atoms with E-state index in [9.17, 15) is 9.59 Å². The Morgan fingerprint density at radius 1 is 1.18 bits per heavy atom. The number of nitrogens with two attached hydrogens (primary N) is 1. The lowest BCUT2D eigenvalue weighted by Gasteiger charge is -2.09. The van der Waals surface area contributed by atoms with Crippen LogP contribution < -0.4 is 11.1 Å². The highest BCUT2D eigenvalue weighted by Gasteiger charge is 2.10. The number of rotatable bonds is 5. The van der Waals surface area contributed by atoms with E-state index in [0.29, 0.717) is 23.6 Å². The normalized spacial score (nSPS) is 10.5. The minimum atomic E-state index is -0.495. The van der Waals surface area contributed by atoms with Crippen LogP contribution in [0.2, 0.25) is 0 Å². The summed E-state index contributed by atoms with van der Waals surface area (Å²) in [5, 5.41) is 2.87. The first-order chi connectivity index (χ1) is 10.5. The largest absolute Gasteiger partial charge is 0.366 e. The Morgan fingerprint density at radius 2 is 1.86 bits per heavy atom. The van der Waals surface area contributed by atoms with E-state index < -0.39 is 5.91 Å². The fraction of sp³-hybridized carbons (Fsp3) is 0.222. The van der Waals surface area contributed by atoms with Gasteiger partial charge in [-0.1, -0.05) is 38.1 Å². The summed E-state index contributed by atoms with van der Waals surface area (Å²) < 4.78 is 0. The van der Waals surface area contributed by atoms with E-state index in [1.54, 1.807) is 30.3 Å². The van der Waals surface area contributed by atoms with Crippen molar-refractivity contribution < 1.29 is 9.59 Å². The van der Waals surface area contributed by atoms with Crippen LogP contribution in [-0.2, 0) is 0 Å². The number of nitrogens with one attached hydrogen (secondary N) is 1. The molecule has 3 N–H and O–H groups in total. The minimum absolute atomic E-state index is 0.100. The van der Waals surface area contributed by atoms with Crippen LogP contribution in [0.5, 0.6) is 0 Å². The van der Waals surface area contributed by atoms with Gasteiger partial charge in [-0.05, 0) is 41.3 Å². The lowest BCUT2D eigenvalue weighted by atomic mass is 9.98. The molecule has 0 aliphatic heterocycles. The van der Waals surface area contributed by atoms with E-state index in [1.807, 2.05) is 26.0 Å². The number of primary amides is 1. The highest BCUT2D eigenvalue weighted by Crippen LogP contribution is 2.23. The maximum Gasteiger partial charge on any atom is 0.251 e. The van der Waals surface area contributed by atoms with E-state index >= 15 is 0 Å². The van der Waals surface area contributed by atoms with Gasteiger partial charge in [0.1, 0.15) is 0 Å². The third-order valence-corrected chi connectivity index (χ3v) is 3.26. The smallest absolute Gasteiger partial charge is 0.251 e. The van der Waals surface area contributed by atoms with Gasteiger partial charge in [-0.15, -0.1) is 0 Å². The molecule has 0 saturated heterocycles. The molecule has 4 nitrogen and oxygen atoms in total. The SMILES string of the molecule is CC(C)CNC(=O)c1ccc(-c2cc[c]cc2C(N)=O)cc1. The molecule has 113 valence electrons. The van der Waals surface area contributed by atoms with Gasteiger partial charge in [0, 0.05) is 17.7 Å². The van der Waals surface area contributed by atoms with Gasteiger partial charge in [-0.25, -0.2) is 0 Å². The van der Waals surface area contributed by atoms with Crippen LogP contribution >= 0.6 is 0 Å². The zero-order chi connectivity index (χ0) is 16.1. The first-order valence-corrected chi connectivity index (χ1v) is 7.17. The van der Waals surface area contributed by atoms with Gasteiger partial charge in [0.25, 0.3) is 5.91 Å². The van der Waals surface area contributed by atoms with Crippen LogP contribution in [0.3, 0.4) is 0 Å². The molecule has 0 aromatic heterocycles. The Balaban J connectivity index is 2.23. The summed E-state index contributed by atoms with van der Waals surface area (Å²) in [7, 11) is 0. The summed E-state index contributed by atoms with van der Waals surface area (Å²) in [6.45, 7) is 4.73. The maximum absolute atomic E-state index is 12.0. The van der Waals surface area contributed by atoms with Gasteiger partial charge < -0.3 is 11.1 Å². The average Bonchev–Trinajstić information content (AvgIpc) is 2.52. The van der Waals surface area contributed by atoms with Gasteiger partial charge in [0.05, 0.1) is 0 Å². The second-order valence-electron chi connectivity index (χ2n) is 5.52. The van der Waals surface area contributed by atoms with Crippen molar-refractivity contribution in [1.29, 1.82) is 0 Å². The van der Waals surface area contributed by atoms with E-state index in [-0.39, 0.29) is 5.91 Å². The Morgan fingerprint density at radius 3 is 2.45 bits per heavy atom. The maximum atomic E-state index is 12.0. The molecule has 0 atom stereocenters. The second kappa shape index (κ2) is 6.89. The van der Waals surface area contributed by atoms with Crippen molar-refractivity contribution in [3.63, 3.8) is 0 Å². The third kappa shape index (κ3) is 3.73. The third-order valence-electron chi connectivity index (χ3n) is 3.26. The summed E-state index contributed by atoms with van der Waals surface area (Å²) in [5.74, 6) is -0.190. The van der Waals surface area contributed by atoms with Crippen LogP contribution in [0.1, 0.15) is 34.6 Å². The number of carbonyl (C=O) groups excluding carboxylic acids is 2. The lowest BCUT2D eigenvalue weighted by Crippen LogP contribution is -2.27. The highest BCUT2D eigenvalue weighted by atomic mass is 16.2. The predicted octanol–water partition coefficient (Wildman–Crippen LogP) is 2.64. The van der Waals surface area contributed by atoms with Crippen molar-refractivity contribution in [2.75, 3.05) is 6.54 Å². The van der Waals surface area contributed by atoms with Crippen molar-refractivity contribution >= 4 is 11.8 Å². The topological polar surface area (TPSA) is 72.2 Å². The summed E-state index contributed by atoms with van der Waals surface area (Å²) in [6.07, 6.45) is 0. The van der Waals surface area contributed by atoms with Crippen LogP contribution in [0.15, 0.2) is 42.5 Å². The van der Waals surface area contributed by atoms with Crippen molar-refractivity contribution in [3.8, 4) is 11.1 Å². The molecular formula is C18H19N2O2. The zero-order valence-electron chi connectivity index (χ0n) is 12.7. The van der Waals surface area contributed by atoms with E-state index in [0.717, 1.165) is 11.1 Å². The lowest BCUT2D eigenvalue weighted by molar-refractivity contribution is 0.0947. The van der Waals surface area contributed by atoms with Gasteiger partial charge >= 0.3 is 0 Å². The Labute approximate surface area is 130 Å². The molecular weight excluding hydrogens is 276 g/mol. The predicted molar refractivity (Wildman–Crippen MR) is 86.4 cm³/mol. The molecule has 0 spiro atoms. The molecule has 2 aromatic carbocycles. The van der Waals surface area contributed by atoms with Crippen LogP contribution in [0, 0.1) is 12.0 Å². The fourth-order valence-corrected chi connectivity index (χ4v) is 2.09. The van der Waals surface area contributed by atoms with Crippen molar-refractivity contribution in [3.05, 3.63) is 59.7 Å². The minimum Gasteiger partial charge on any atom is -0.366 e. The molecule has 0 aliphatic rings. The molecule has 0 bridgehead atoms. The van der Waals surface area contributed by atoms with Crippen molar-refractivity contribution in [2.45, 2.75) is 13.8 Å². The molecule has 2 aromatic rings. The molecule has 22 heavy (non-hydrogen) atoms. The van der Waals surface area contributed by atoms with Crippen LogP contribution in [0.4, 0.5) is 0 Å². The number of amides is 2. The number of hydrogen-bond acceptors (Lipinski definition) is 2. The molecule has 0 aliphatic carbocycles. The number of benzene rings is 2. The van der Waals surface area contributed by atoms with Gasteiger partial charge in [0.2, 0.25) is 5.91 Å². The van der Waals surface area contributed by atoms with Gasteiger partial charge in [-0.3, -0.25) is 9.59 Å². The molecule has 0 saturated carbocycles. The molecule has 0 fully saturated rings. The van der Waals surface area contributed by atoms with Crippen molar-refractivity contribution in [2.24, 2.45) is 11.7 Å². The molecule has 0 heterocycles. The quantitative estimate of drug-likeness (QED) is 0.890. The van der Waals surface area contributed by atoms with E-state index in [1.165, 1.54) is 0 Å². The zero-order valence-corrected chi connectivity index (χ0v) is 12.7. The Bertz CT molecular complexity index is 676. The average molecular weight is 295 g/mol.